The van der Waals surface area contributed by atoms with Gasteiger partial charge >= 0.3 is 6.09 Å². The molecule has 0 aliphatic carbocycles. The van der Waals surface area contributed by atoms with Crippen molar-refractivity contribution in [1.29, 1.82) is 0 Å². The van der Waals surface area contributed by atoms with E-state index in [0.29, 0.717) is 23.0 Å². The van der Waals surface area contributed by atoms with Gasteiger partial charge in [-0.3, -0.25) is 4.79 Å². The summed E-state index contributed by atoms with van der Waals surface area (Å²) in [4.78, 5) is 24.4. The second-order valence-corrected chi connectivity index (χ2v) is 9.27. The van der Waals surface area contributed by atoms with E-state index in [1.54, 1.807) is 12.1 Å². The molecule has 9 heteroatoms. The molecule has 3 rings (SSSR count). The third kappa shape index (κ3) is 8.78. The van der Waals surface area contributed by atoms with Crippen LogP contribution in [0.3, 0.4) is 0 Å². The molecule has 0 saturated carbocycles. The molecule has 2 aromatic rings. The normalized spacial score (nSPS) is 15.6. The maximum absolute atomic E-state index is 13.0. The Balaban J connectivity index is 1.66. The second kappa shape index (κ2) is 14.8. The fourth-order valence-corrected chi connectivity index (χ4v) is 4.50. The number of likely N-dealkylation sites (N-methyl/N-ethyl adjacent to an activating group) is 1. The molecule has 36 heavy (non-hydrogen) atoms. The zero-order chi connectivity index (χ0) is 25.8. The fraction of sp³-hybridized carbons (Fsp3) is 0.481. The molecular formula is C27H36ClN3O5. The fourth-order valence-electron chi connectivity index (χ4n) is 4.31. The van der Waals surface area contributed by atoms with Crippen LogP contribution in [0.4, 0.5) is 4.79 Å². The minimum atomic E-state index is -0.520. The molecule has 2 aromatic carbocycles. The quantitative estimate of drug-likeness (QED) is 0.369. The molecule has 1 aliphatic heterocycles. The van der Waals surface area contributed by atoms with Crippen LogP contribution >= 0.6 is 11.6 Å². The Hall–Kier alpha value is -2.65. The smallest absolute Gasteiger partial charge is 0.406 e. The lowest BCUT2D eigenvalue weighted by Gasteiger charge is -2.26. The van der Waals surface area contributed by atoms with Crippen molar-refractivity contribution in [3.63, 3.8) is 0 Å². The van der Waals surface area contributed by atoms with Gasteiger partial charge in [-0.25, -0.2) is 4.79 Å². The molecule has 1 aliphatic rings. The first kappa shape index (κ1) is 27.9. The van der Waals surface area contributed by atoms with Crippen LogP contribution in [0.25, 0.3) is 0 Å². The van der Waals surface area contributed by atoms with Crippen molar-refractivity contribution in [2.75, 3.05) is 47.1 Å². The summed E-state index contributed by atoms with van der Waals surface area (Å²) in [5, 5.41) is 9.59. The van der Waals surface area contributed by atoms with Gasteiger partial charge < -0.3 is 30.2 Å². The van der Waals surface area contributed by atoms with Crippen molar-refractivity contribution >= 4 is 23.6 Å². The minimum Gasteiger partial charge on any atom is -0.453 e. The number of carbonyl (C=O) groups is 2. The number of methoxy groups -OCH3 is 1. The number of nitrogens with one attached hydrogen (secondary N) is 3. The highest BCUT2D eigenvalue weighted by molar-refractivity contribution is 6.30. The largest absolute Gasteiger partial charge is 0.453 e. The van der Waals surface area contributed by atoms with Crippen LogP contribution in [0.2, 0.25) is 5.02 Å². The lowest BCUT2D eigenvalue weighted by molar-refractivity contribution is 0.0605. The Morgan fingerprint density at radius 2 is 1.81 bits per heavy atom. The highest BCUT2D eigenvalue weighted by atomic mass is 35.5. The van der Waals surface area contributed by atoms with E-state index in [1.807, 2.05) is 43.4 Å². The van der Waals surface area contributed by atoms with E-state index in [9.17, 15) is 9.59 Å². The van der Waals surface area contributed by atoms with Gasteiger partial charge in [0.1, 0.15) is 6.10 Å². The first-order valence-corrected chi connectivity index (χ1v) is 12.7. The summed E-state index contributed by atoms with van der Waals surface area (Å²) in [6.07, 6.45) is 2.15. The average molecular weight is 518 g/mol. The van der Waals surface area contributed by atoms with E-state index in [2.05, 4.69) is 20.7 Å². The maximum atomic E-state index is 13.0. The highest BCUT2D eigenvalue weighted by Crippen LogP contribution is 2.28. The molecule has 0 radical (unpaired) electrons. The van der Waals surface area contributed by atoms with Crippen LogP contribution in [-0.4, -0.2) is 65.1 Å². The molecule has 1 heterocycles. The number of alkyl carbamates (subject to hydrolysis) is 1. The number of hydrogen-bond acceptors (Lipinski definition) is 6. The van der Waals surface area contributed by atoms with Crippen molar-refractivity contribution < 1.29 is 23.8 Å². The first-order valence-electron chi connectivity index (χ1n) is 12.3. The molecule has 2 amide bonds. The van der Waals surface area contributed by atoms with Gasteiger partial charge in [0, 0.05) is 42.9 Å². The van der Waals surface area contributed by atoms with Gasteiger partial charge in [-0.05, 0) is 67.6 Å². The Morgan fingerprint density at radius 1 is 1.08 bits per heavy atom. The topological polar surface area (TPSA) is 97.9 Å². The van der Waals surface area contributed by atoms with Crippen LogP contribution in [0.15, 0.2) is 48.5 Å². The van der Waals surface area contributed by atoms with Crippen LogP contribution < -0.4 is 16.0 Å². The van der Waals surface area contributed by atoms with Crippen LogP contribution in [0.1, 0.15) is 46.9 Å². The Kier molecular flexibility index (Phi) is 11.5. The van der Waals surface area contributed by atoms with Crippen molar-refractivity contribution in [1.82, 2.24) is 16.0 Å². The standard InChI is InChI=1S/C27H36ClN3O5/c1-29-24(15-19-9-12-35-13-10-19)18-31-26(32)22-7-3-5-20(16-22)25(21-6-4-8-23(28)17-21)36-14-11-30-27(33)34-2/h3-8,16-17,19,24-25,29H,9-15,18H2,1-2H3,(H,30,33)(H,31,32)/t24-,25?/m0/s1. The van der Waals surface area contributed by atoms with E-state index >= 15 is 0 Å². The molecule has 2 atom stereocenters. The third-order valence-electron chi connectivity index (χ3n) is 6.32. The van der Waals surface area contributed by atoms with Gasteiger partial charge in [0.2, 0.25) is 0 Å². The van der Waals surface area contributed by atoms with Crippen molar-refractivity contribution in [2.24, 2.45) is 5.92 Å². The molecule has 1 fully saturated rings. The molecule has 1 unspecified atom stereocenters. The number of ether oxygens (including phenoxy) is 3. The Bertz CT molecular complexity index is 983. The van der Waals surface area contributed by atoms with E-state index < -0.39 is 12.2 Å². The zero-order valence-corrected chi connectivity index (χ0v) is 21.7. The number of amides is 2. The summed E-state index contributed by atoms with van der Waals surface area (Å²) in [6.45, 7) is 2.70. The minimum absolute atomic E-state index is 0.138. The molecule has 8 nitrogen and oxygen atoms in total. The summed E-state index contributed by atoms with van der Waals surface area (Å²) in [6, 6.07) is 15.0. The predicted octanol–water partition coefficient (Wildman–Crippen LogP) is 3.94. The van der Waals surface area contributed by atoms with E-state index in [0.717, 1.165) is 43.6 Å². The molecule has 0 aromatic heterocycles. The zero-order valence-electron chi connectivity index (χ0n) is 20.9. The van der Waals surface area contributed by atoms with Crippen LogP contribution in [0.5, 0.6) is 0 Å². The van der Waals surface area contributed by atoms with E-state index in [1.165, 1.54) is 7.11 Å². The number of hydrogen-bond donors (Lipinski definition) is 3. The summed E-state index contributed by atoms with van der Waals surface area (Å²) in [5.41, 5.74) is 2.22. The maximum Gasteiger partial charge on any atom is 0.406 e. The van der Waals surface area contributed by atoms with Gasteiger partial charge in [0.25, 0.3) is 5.91 Å². The van der Waals surface area contributed by atoms with Crippen molar-refractivity contribution in [3.05, 3.63) is 70.2 Å². The van der Waals surface area contributed by atoms with E-state index in [-0.39, 0.29) is 25.1 Å². The lowest BCUT2D eigenvalue weighted by atomic mass is 9.92. The summed E-state index contributed by atoms with van der Waals surface area (Å²) >= 11 is 6.23. The van der Waals surface area contributed by atoms with Crippen molar-refractivity contribution in [3.8, 4) is 0 Å². The van der Waals surface area contributed by atoms with Gasteiger partial charge in [-0.1, -0.05) is 35.9 Å². The second-order valence-electron chi connectivity index (χ2n) is 8.84. The van der Waals surface area contributed by atoms with Crippen molar-refractivity contribution in [2.45, 2.75) is 31.4 Å². The van der Waals surface area contributed by atoms with Crippen LogP contribution in [0, 0.1) is 5.92 Å². The number of carbonyl (C=O) groups excluding carboxylic acids is 2. The summed E-state index contributed by atoms with van der Waals surface area (Å²) in [7, 11) is 3.24. The van der Waals surface area contributed by atoms with Gasteiger partial charge in [-0.2, -0.15) is 0 Å². The molecule has 196 valence electrons. The lowest BCUT2D eigenvalue weighted by Crippen LogP contribution is -2.41. The molecule has 0 spiro atoms. The predicted molar refractivity (Wildman–Crippen MR) is 139 cm³/mol. The van der Waals surface area contributed by atoms with Gasteiger partial charge in [-0.15, -0.1) is 0 Å². The number of halogens is 1. The molecule has 3 N–H and O–H groups in total. The molecular weight excluding hydrogens is 482 g/mol. The third-order valence-corrected chi connectivity index (χ3v) is 6.56. The van der Waals surface area contributed by atoms with Crippen LogP contribution in [-0.2, 0) is 14.2 Å². The van der Waals surface area contributed by atoms with Gasteiger partial charge in [0.05, 0.1) is 13.7 Å². The van der Waals surface area contributed by atoms with Gasteiger partial charge in [0.15, 0.2) is 0 Å². The SMILES string of the molecule is CN[C@H](CNC(=O)c1cccc(C(OCCNC(=O)OC)c2cccc(Cl)c2)c1)CC1CCOCC1. The number of benzene rings is 2. The monoisotopic (exact) mass is 517 g/mol. The van der Waals surface area contributed by atoms with E-state index in [4.69, 9.17) is 21.1 Å². The number of rotatable bonds is 12. The summed E-state index contributed by atoms with van der Waals surface area (Å²) in [5.74, 6) is 0.474. The summed E-state index contributed by atoms with van der Waals surface area (Å²) < 4.78 is 16.2. The Morgan fingerprint density at radius 3 is 2.50 bits per heavy atom. The highest BCUT2D eigenvalue weighted by Gasteiger charge is 2.20. The first-order chi connectivity index (χ1) is 17.5. The Labute approximate surface area is 218 Å². The average Bonchev–Trinajstić information content (AvgIpc) is 2.91. The molecule has 1 saturated heterocycles. The molecule has 0 bridgehead atoms.